The summed E-state index contributed by atoms with van der Waals surface area (Å²) in [5.74, 6) is -0.434. The van der Waals surface area contributed by atoms with Crippen molar-refractivity contribution >= 4 is 17.6 Å². The number of hydrogen-bond acceptors (Lipinski definition) is 6. The molecule has 0 unspecified atom stereocenters. The highest BCUT2D eigenvalue weighted by Gasteiger charge is 2.22. The van der Waals surface area contributed by atoms with Crippen LogP contribution in [0.3, 0.4) is 0 Å². The molecule has 1 N–H and O–H groups in total. The number of carbonyl (C=O) groups is 2. The molecule has 1 aromatic rings. The molecule has 1 fully saturated rings. The molecule has 8 nitrogen and oxygen atoms in total. The monoisotopic (exact) mass is 350 g/mol. The largest absolute Gasteiger partial charge is 0.490 e. The molecule has 136 valence electrons. The Morgan fingerprint density at radius 1 is 1.28 bits per heavy atom. The summed E-state index contributed by atoms with van der Waals surface area (Å²) in [5.41, 5.74) is -0.343. The third-order valence-corrected chi connectivity index (χ3v) is 4.33. The van der Waals surface area contributed by atoms with E-state index in [9.17, 15) is 19.7 Å². The van der Waals surface area contributed by atoms with E-state index in [1.54, 1.807) is 0 Å². The minimum absolute atomic E-state index is 0.00760. The number of benzene rings is 1. The quantitative estimate of drug-likeness (QED) is 0.480. The van der Waals surface area contributed by atoms with Crippen molar-refractivity contribution < 1.29 is 24.0 Å². The smallest absolute Gasteiger partial charge is 0.338 e. The van der Waals surface area contributed by atoms with E-state index < -0.39 is 17.5 Å². The normalized spacial score (nSPS) is 19.8. The Hall–Kier alpha value is -2.64. The predicted octanol–water partition coefficient (Wildman–Crippen LogP) is 2.46. The summed E-state index contributed by atoms with van der Waals surface area (Å²) in [7, 11) is 1.30. The van der Waals surface area contributed by atoms with Gasteiger partial charge in [-0.25, -0.2) is 4.79 Å². The lowest BCUT2D eigenvalue weighted by Crippen LogP contribution is -2.39. The average molecular weight is 350 g/mol. The van der Waals surface area contributed by atoms with Crippen LogP contribution >= 0.6 is 0 Å². The lowest BCUT2D eigenvalue weighted by Gasteiger charge is -2.26. The lowest BCUT2D eigenvalue weighted by atomic mass is 9.87. The van der Waals surface area contributed by atoms with E-state index in [0.29, 0.717) is 5.92 Å². The standard InChI is InChI=1S/C17H22N2O6/c1-11-3-6-13(7-4-11)18-16(20)10-25-17(21)12-5-8-15(24-2)14(9-12)19(22)23/h5,8-9,11,13H,3-4,6-7,10H2,1-2H3,(H,18,20). The molecular formula is C17H22N2O6. The van der Waals surface area contributed by atoms with Crippen LogP contribution in [0.1, 0.15) is 43.0 Å². The van der Waals surface area contributed by atoms with Crippen LogP contribution in [-0.4, -0.2) is 36.6 Å². The Morgan fingerprint density at radius 2 is 1.96 bits per heavy atom. The highest BCUT2D eigenvalue weighted by atomic mass is 16.6. The number of nitro benzene ring substituents is 1. The predicted molar refractivity (Wildman–Crippen MR) is 89.5 cm³/mol. The summed E-state index contributed by atoms with van der Waals surface area (Å²) in [4.78, 5) is 34.2. The zero-order valence-corrected chi connectivity index (χ0v) is 14.3. The fraction of sp³-hybridized carbons (Fsp3) is 0.529. The molecule has 0 aliphatic heterocycles. The summed E-state index contributed by atoms with van der Waals surface area (Å²) in [5, 5.41) is 13.8. The lowest BCUT2D eigenvalue weighted by molar-refractivity contribution is -0.385. The van der Waals surface area contributed by atoms with Crippen LogP contribution in [0.4, 0.5) is 5.69 Å². The van der Waals surface area contributed by atoms with Crippen molar-refractivity contribution in [3.8, 4) is 5.75 Å². The number of nitrogens with one attached hydrogen (secondary N) is 1. The zero-order valence-electron chi connectivity index (χ0n) is 14.3. The Balaban J connectivity index is 1.88. The molecule has 1 aliphatic carbocycles. The molecule has 0 heterocycles. The molecule has 0 aromatic heterocycles. The van der Waals surface area contributed by atoms with E-state index in [1.807, 2.05) is 0 Å². The first kappa shape index (κ1) is 18.7. The van der Waals surface area contributed by atoms with Gasteiger partial charge < -0.3 is 14.8 Å². The minimum Gasteiger partial charge on any atom is -0.490 e. The maximum atomic E-state index is 12.0. The topological polar surface area (TPSA) is 108 Å². The molecule has 1 saturated carbocycles. The first-order valence-electron chi connectivity index (χ1n) is 8.19. The van der Waals surface area contributed by atoms with Gasteiger partial charge >= 0.3 is 11.7 Å². The molecule has 1 amide bonds. The van der Waals surface area contributed by atoms with Crippen molar-refractivity contribution in [2.45, 2.75) is 38.6 Å². The van der Waals surface area contributed by atoms with Crippen molar-refractivity contribution in [2.75, 3.05) is 13.7 Å². The summed E-state index contributed by atoms with van der Waals surface area (Å²) in [6, 6.07) is 3.86. The first-order chi connectivity index (χ1) is 11.9. The van der Waals surface area contributed by atoms with Crippen molar-refractivity contribution in [3.63, 3.8) is 0 Å². The number of carbonyl (C=O) groups excluding carboxylic acids is 2. The second kappa shape index (κ2) is 8.46. The SMILES string of the molecule is COc1ccc(C(=O)OCC(=O)NC2CCC(C)CC2)cc1[N+](=O)[O-]. The molecular weight excluding hydrogens is 328 g/mol. The van der Waals surface area contributed by atoms with E-state index in [-0.39, 0.29) is 28.9 Å². The van der Waals surface area contributed by atoms with Gasteiger partial charge in [0.05, 0.1) is 17.6 Å². The fourth-order valence-electron chi connectivity index (χ4n) is 2.85. The maximum absolute atomic E-state index is 12.0. The maximum Gasteiger partial charge on any atom is 0.338 e. The number of rotatable bonds is 6. The van der Waals surface area contributed by atoms with Gasteiger partial charge in [-0.05, 0) is 43.7 Å². The molecule has 2 rings (SSSR count). The number of nitrogens with zero attached hydrogens (tertiary/aromatic N) is 1. The number of methoxy groups -OCH3 is 1. The molecule has 1 aliphatic rings. The van der Waals surface area contributed by atoms with E-state index >= 15 is 0 Å². The molecule has 0 radical (unpaired) electrons. The van der Waals surface area contributed by atoms with Crippen LogP contribution in [0.15, 0.2) is 18.2 Å². The molecule has 1 aromatic carbocycles. The van der Waals surface area contributed by atoms with E-state index in [1.165, 1.54) is 19.2 Å². The highest BCUT2D eigenvalue weighted by molar-refractivity contribution is 5.92. The van der Waals surface area contributed by atoms with Crippen LogP contribution in [0.2, 0.25) is 0 Å². The Bertz CT molecular complexity index is 653. The minimum atomic E-state index is -0.793. The number of ether oxygens (including phenoxy) is 2. The number of nitro groups is 1. The number of amides is 1. The van der Waals surface area contributed by atoms with Gasteiger partial charge in [-0.2, -0.15) is 0 Å². The molecule has 0 saturated heterocycles. The van der Waals surface area contributed by atoms with Crippen LogP contribution < -0.4 is 10.1 Å². The summed E-state index contributed by atoms with van der Waals surface area (Å²) in [6.07, 6.45) is 3.98. The van der Waals surface area contributed by atoms with E-state index in [0.717, 1.165) is 31.7 Å². The van der Waals surface area contributed by atoms with Crippen LogP contribution in [0.25, 0.3) is 0 Å². The van der Waals surface area contributed by atoms with Crippen LogP contribution in [0.5, 0.6) is 5.75 Å². The summed E-state index contributed by atoms with van der Waals surface area (Å²) in [6.45, 7) is 1.78. The Morgan fingerprint density at radius 3 is 2.56 bits per heavy atom. The third-order valence-electron chi connectivity index (χ3n) is 4.33. The zero-order chi connectivity index (χ0) is 18.4. The molecule has 0 atom stereocenters. The van der Waals surface area contributed by atoms with Crippen molar-refractivity contribution in [1.82, 2.24) is 5.32 Å². The second-order valence-corrected chi connectivity index (χ2v) is 6.24. The fourth-order valence-corrected chi connectivity index (χ4v) is 2.85. The third kappa shape index (κ3) is 5.17. The summed E-state index contributed by atoms with van der Waals surface area (Å²) < 4.78 is 9.82. The second-order valence-electron chi connectivity index (χ2n) is 6.24. The average Bonchev–Trinajstić information content (AvgIpc) is 2.61. The van der Waals surface area contributed by atoms with Gasteiger partial charge in [0.15, 0.2) is 12.4 Å². The van der Waals surface area contributed by atoms with Crippen LogP contribution in [-0.2, 0) is 9.53 Å². The van der Waals surface area contributed by atoms with Gasteiger partial charge in [-0.15, -0.1) is 0 Å². The molecule has 25 heavy (non-hydrogen) atoms. The van der Waals surface area contributed by atoms with Crippen molar-refractivity contribution in [1.29, 1.82) is 0 Å². The van der Waals surface area contributed by atoms with Gasteiger partial charge in [-0.1, -0.05) is 6.92 Å². The number of esters is 1. The molecule has 8 heteroatoms. The van der Waals surface area contributed by atoms with Crippen molar-refractivity contribution in [2.24, 2.45) is 5.92 Å². The van der Waals surface area contributed by atoms with E-state index in [4.69, 9.17) is 9.47 Å². The highest BCUT2D eigenvalue weighted by Crippen LogP contribution is 2.27. The number of hydrogen-bond donors (Lipinski definition) is 1. The first-order valence-corrected chi connectivity index (χ1v) is 8.19. The molecule has 0 spiro atoms. The van der Waals surface area contributed by atoms with Gasteiger partial charge in [0.1, 0.15) is 0 Å². The van der Waals surface area contributed by atoms with E-state index in [2.05, 4.69) is 12.2 Å². The van der Waals surface area contributed by atoms with Crippen LogP contribution in [0, 0.1) is 16.0 Å². The summed E-state index contributed by atoms with van der Waals surface area (Å²) >= 11 is 0. The van der Waals surface area contributed by atoms with Gasteiger partial charge in [-0.3, -0.25) is 14.9 Å². The Labute approximate surface area is 145 Å². The van der Waals surface area contributed by atoms with Crippen molar-refractivity contribution in [3.05, 3.63) is 33.9 Å². The Kier molecular flexibility index (Phi) is 6.32. The molecule has 0 bridgehead atoms. The van der Waals surface area contributed by atoms with Gasteiger partial charge in [0, 0.05) is 12.1 Å². The van der Waals surface area contributed by atoms with Gasteiger partial charge in [0.25, 0.3) is 5.91 Å². The van der Waals surface area contributed by atoms with Gasteiger partial charge in [0.2, 0.25) is 0 Å².